The van der Waals surface area contributed by atoms with Gasteiger partial charge >= 0.3 is 6.18 Å². The van der Waals surface area contributed by atoms with E-state index in [0.29, 0.717) is 29.0 Å². The summed E-state index contributed by atoms with van der Waals surface area (Å²) >= 11 is 0. The number of hydrogen-bond donors (Lipinski definition) is 2. The van der Waals surface area contributed by atoms with Crippen LogP contribution in [0.25, 0.3) is 33.7 Å². The topological polar surface area (TPSA) is 86.8 Å². The molecule has 0 amide bonds. The first kappa shape index (κ1) is 25.3. The number of likely N-dealkylation sites (N-methyl/N-ethyl adjacent to an activating group) is 1. The highest BCUT2D eigenvalue weighted by Crippen LogP contribution is 2.35. The number of aromatic amines is 1. The fraction of sp³-hybridized carbons (Fsp3) is 0.308. The molecule has 188 valence electrons. The first-order valence-electron chi connectivity index (χ1n) is 11.7. The zero-order valence-electron chi connectivity index (χ0n) is 20.3. The van der Waals surface area contributed by atoms with Gasteiger partial charge in [0.25, 0.3) is 5.56 Å². The first-order chi connectivity index (χ1) is 17.2. The van der Waals surface area contributed by atoms with Crippen LogP contribution in [0.4, 0.5) is 18.9 Å². The molecule has 3 aromatic heterocycles. The molecule has 0 saturated heterocycles. The Balaban J connectivity index is 1.85. The molecule has 0 spiro atoms. The molecule has 0 radical (unpaired) electrons. The number of alkyl halides is 3. The second-order valence-electron chi connectivity index (χ2n) is 8.37. The van der Waals surface area contributed by atoms with E-state index < -0.39 is 11.9 Å². The van der Waals surface area contributed by atoms with Crippen molar-refractivity contribution >= 4 is 16.9 Å². The molecule has 7 nitrogen and oxygen atoms in total. The summed E-state index contributed by atoms with van der Waals surface area (Å²) in [5.41, 5.74) is 1.32. The fourth-order valence-corrected chi connectivity index (χ4v) is 3.99. The van der Waals surface area contributed by atoms with Gasteiger partial charge in [-0.2, -0.15) is 13.2 Å². The Kier molecular flexibility index (Phi) is 7.35. The molecule has 4 rings (SSSR count). The summed E-state index contributed by atoms with van der Waals surface area (Å²) in [5, 5.41) is 3.14. The summed E-state index contributed by atoms with van der Waals surface area (Å²) in [6.45, 7) is 8.74. The van der Waals surface area contributed by atoms with Crippen LogP contribution in [0.5, 0.6) is 0 Å². The predicted octanol–water partition coefficient (Wildman–Crippen LogP) is 5.13. The third-order valence-corrected chi connectivity index (χ3v) is 5.88. The maximum absolute atomic E-state index is 13.5. The lowest BCUT2D eigenvalue weighted by Gasteiger charge is -2.18. The van der Waals surface area contributed by atoms with Crippen LogP contribution in [-0.4, -0.2) is 51.0 Å². The van der Waals surface area contributed by atoms with Crippen molar-refractivity contribution in [2.75, 3.05) is 31.5 Å². The number of benzene rings is 1. The molecule has 0 unspecified atom stereocenters. The van der Waals surface area contributed by atoms with Crippen molar-refractivity contribution in [2.24, 2.45) is 0 Å². The van der Waals surface area contributed by atoms with E-state index in [4.69, 9.17) is 0 Å². The van der Waals surface area contributed by atoms with Gasteiger partial charge in [-0.1, -0.05) is 44.2 Å². The van der Waals surface area contributed by atoms with Crippen molar-refractivity contribution in [3.8, 4) is 22.5 Å². The summed E-state index contributed by atoms with van der Waals surface area (Å²) in [6, 6.07) is 13.1. The van der Waals surface area contributed by atoms with E-state index in [2.05, 4.69) is 44.0 Å². The molecule has 0 bridgehead atoms. The van der Waals surface area contributed by atoms with E-state index in [9.17, 15) is 18.0 Å². The second kappa shape index (κ2) is 10.4. The minimum Gasteiger partial charge on any atom is -0.379 e. The molecular weight excluding hydrogens is 469 g/mol. The predicted molar refractivity (Wildman–Crippen MR) is 135 cm³/mol. The number of nitrogens with one attached hydrogen (secondary N) is 2. The Morgan fingerprint density at radius 2 is 1.64 bits per heavy atom. The monoisotopic (exact) mass is 496 g/mol. The van der Waals surface area contributed by atoms with Gasteiger partial charge in [-0.15, -0.1) is 0 Å². The normalized spacial score (nSPS) is 11.9. The zero-order valence-corrected chi connectivity index (χ0v) is 20.3. The van der Waals surface area contributed by atoms with E-state index in [1.807, 2.05) is 6.07 Å². The van der Waals surface area contributed by atoms with E-state index >= 15 is 0 Å². The number of H-pyrrole nitrogens is 1. The SMILES string of the molecule is CCN(CC)CCNc1cc2nc(-c3cc(C)nc(C(F)(F)F)c3)c(-c3ccccc3)nc2[nH]c1=O. The maximum Gasteiger partial charge on any atom is 0.433 e. The minimum absolute atomic E-state index is 0.209. The van der Waals surface area contributed by atoms with Gasteiger partial charge in [-0.3, -0.25) is 4.79 Å². The molecule has 0 saturated carbocycles. The molecule has 0 aliphatic carbocycles. The van der Waals surface area contributed by atoms with Gasteiger partial charge < -0.3 is 15.2 Å². The first-order valence-corrected chi connectivity index (χ1v) is 11.7. The molecule has 4 aromatic rings. The van der Waals surface area contributed by atoms with Gasteiger partial charge in [0.1, 0.15) is 16.9 Å². The summed E-state index contributed by atoms with van der Waals surface area (Å²) in [5.74, 6) is 0. The van der Waals surface area contributed by atoms with Crippen LogP contribution in [0.3, 0.4) is 0 Å². The zero-order chi connectivity index (χ0) is 25.9. The Bertz CT molecular complexity index is 1420. The van der Waals surface area contributed by atoms with Gasteiger partial charge in [0.2, 0.25) is 0 Å². The quantitative estimate of drug-likeness (QED) is 0.352. The van der Waals surface area contributed by atoms with Gasteiger partial charge in [-0.05, 0) is 38.2 Å². The van der Waals surface area contributed by atoms with E-state index in [-0.39, 0.29) is 28.2 Å². The third-order valence-electron chi connectivity index (χ3n) is 5.88. The molecule has 0 atom stereocenters. The highest BCUT2D eigenvalue weighted by atomic mass is 19.4. The van der Waals surface area contributed by atoms with Gasteiger partial charge in [0.15, 0.2) is 5.65 Å². The third kappa shape index (κ3) is 5.54. The van der Waals surface area contributed by atoms with Crippen LogP contribution in [0.1, 0.15) is 25.2 Å². The number of nitrogens with zero attached hydrogens (tertiary/aromatic N) is 4. The van der Waals surface area contributed by atoms with Crippen LogP contribution in [-0.2, 0) is 6.18 Å². The van der Waals surface area contributed by atoms with Crippen LogP contribution in [0.15, 0.2) is 53.3 Å². The highest BCUT2D eigenvalue weighted by molar-refractivity contribution is 5.85. The Morgan fingerprint density at radius 3 is 2.31 bits per heavy atom. The number of halogens is 3. The van der Waals surface area contributed by atoms with Gasteiger partial charge in [0, 0.05) is 29.9 Å². The van der Waals surface area contributed by atoms with Crippen LogP contribution in [0, 0.1) is 6.92 Å². The van der Waals surface area contributed by atoms with Crippen LogP contribution < -0.4 is 10.9 Å². The average molecular weight is 497 g/mol. The number of aryl methyl sites for hydroxylation is 1. The van der Waals surface area contributed by atoms with Crippen molar-refractivity contribution in [3.63, 3.8) is 0 Å². The van der Waals surface area contributed by atoms with E-state index in [1.54, 1.807) is 36.4 Å². The number of fused-ring (bicyclic) bond motifs is 1. The highest BCUT2D eigenvalue weighted by Gasteiger charge is 2.33. The average Bonchev–Trinajstić information content (AvgIpc) is 2.86. The fourth-order valence-electron chi connectivity index (χ4n) is 3.99. The molecule has 0 aliphatic heterocycles. The van der Waals surface area contributed by atoms with E-state index in [1.165, 1.54) is 6.92 Å². The van der Waals surface area contributed by atoms with Crippen molar-refractivity contribution in [3.05, 3.63) is 70.3 Å². The van der Waals surface area contributed by atoms with Crippen molar-refractivity contribution in [1.82, 2.24) is 24.8 Å². The number of rotatable bonds is 8. The molecule has 36 heavy (non-hydrogen) atoms. The Labute approximate surface area is 206 Å². The van der Waals surface area contributed by atoms with Crippen molar-refractivity contribution < 1.29 is 13.2 Å². The van der Waals surface area contributed by atoms with Crippen molar-refractivity contribution in [1.29, 1.82) is 0 Å². The summed E-state index contributed by atoms with van der Waals surface area (Å²) < 4.78 is 40.5. The number of anilines is 1. The molecule has 2 N–H and O–H groups in total. The molecule has 10 heteroatoms. The number of aromatic nitrogens is 4. The lowest BCUT2D eigenvalue weighted by molar-refractivity contribution is -0.141. The van der Waals surface area contributed by atoms with Gasteiger partial charge in [-0.25, -0.2) is 15.0 Å². The Hall–Kier alpha value is -3.79. The summed E-state index contributed by atoms with van der Waals surface area (Å²) in [7, 11) is 0. The largest absolute Gasteiger partial charge is 0.433 e. The lowest BCUT2D eigenvalue weighted by atomic mass is 10.0. The van der Waals surface area contributed by atoms with Crippen LogP contribution >= 0.6 is 0 Å². The smallest absolute Gasteiger partial charge is 0.379 e. The number of hydrogen-bond acceptors (Lipinski definition) is 6. The Morgan fingerprint density at radius 1 is 0.944 bits per heavy atom. The molecule has 0 aliphatic rings. The van der Waals surface area contributed by atoms with E-state index in [0.717, 1.165) is 25.7 Å². The standard InChI is InChI=1S/C26H27F3N6O/c1-4-35(5-2)12-11-30-20-15-19-24(34-25(20)36)33-22(17-9-7-6-8-10-17)23(32-19)18-13-16(3)31-21(14-18)26(27,28)29/h6-10,13-15,30H,4-5,11-12H2,1-3H3,(H,33,34,36). The van der Waals surface area contributed by atoms with Crippen molar-refractivity contribution in [2.45, 2.75) is 26.9 Å². The summed E-state index contributed by atoms with van der Waals surface area (Å²) in [4.78, 5) is 30.7. The van der Waals surface area contributed by atoms with Crippen LogP contribution in [0.2, 0.25) is 0 Å². The number of pyridine rings is 2. The molecule has 0 fully saturated rings. The second-order valence-corrected chi connectivity index (χ2v) is 8.37. The minimum atomic E-state index is -4.61. The lowest BCUT2D eigenvalue weighted by Crippen LogP contribution is -2.29. The summed E-state index contributed by atoms with van der Waals surface area (Å²) in [6.07, 6.45) is -4.61. The maximum atomic E-state index is 13.5. The molecular formula is C26H27F3N6O. The van der Waals surface area contributed by atoms with Gasteiger partial charge in [0.05, 0.1) is 11.4 Å². The molecule has 1 aromatic carbocycles. The molecule has 3 heterocycles.